The molecular formula is C17H20N8O3. The maximum Gasteiger partial charge on any atom is 0.293 e. The second-order valence-electron chi connectivity index (χ2n) is 6.06. The fourth-order valence-corrected chi connectivity index (χ4v) is 2.50. The third kappa shape index (κ3) is 3.98. The first kappa shape index (κ1) is 19.0. The zero-order chi connectivity index (χ0) is 20.1. The van der Waals surface area contributed by atoms with Gasteiger partial charge in [0.15, 0.2) is 5.69 Å². The van der Waals surface area contributed by atoms with Crippen LogP contribution < -0.4 is 15.9 Å². The fourth-order valence-electron chi connectivity index (χ4n) is 2.50. The largest absolute Gasteiger partial charge is 0.494 e. The van der Waals surface area contributed by atoms with Gasteiger partial charge in [-0.2, -0.15) is 9.78 Å². The van der Waals surface area contributed by atoms with Crippen LogP contribution in [-0.4, -0.2) is 44.0 Å². The lowest BCUT2D eigenvalue weighted by Crippen LogP contribution is -2.21. The number of carbonyl (C=O) groups is 1. The van der Waals surface area contributed by atoms with Crippen molar-refractivity contribution >= 4 is 17.9 Å². The summed E-state index contributed by atoms with van der Waals surface area (Å²) in [5.41, 5.74) is 9.59. The fraction of sp³-hybridized carbons (Fsp3) is 0.294. The first-order chi connectivity index (χ1) is 13.5. The average Bonchev–Trinajstić information content (AvgIpc) is 3.29. The zero-order valence-electron chi connectivity index (χ0n) is 15.7. The molecule has 0 aliphatic heterocycles. The van der Waals surface area contributed by atoms with Gasteiger partial charge in [-0.05, 0) is 53.0 Å². The van der Waals surface area contributed by atoms with Crippen LogP contribution in [0.5, 0.6) is 5.75 Å². The summed E-state index contributed by atoms with van der Waals surface area (Å²) in [6, 6.07) is 7.31. The van der Waals surface area contributed by atoms with Crippen LogP contribution in [-0.2, 0) is 0 Å². The molecule has 0 bridgehead atoms. The van der Waals surface area contributed by atoms with Crippen LogP contribution in [0.2, 0.25) is 0 Å². The molecular weight excluding hydrogens is 364 g/mol. The summed E-state index contributed by atoms with van der Waals surface area (Å²) < 4.78 is 11.3. The van der Waals surface area contributed by atoms with Crippen molar-refractivity contribution in [3.63, 3.8) is 0 Å². The first-order valence-corrected chi connectivity index (χ1v) is 8.61. The number of aromatic nitrogens is 5. The van der Waals surface area contributed by atoms with E-state index < -0.39 is 5.91 Å². The lowest BCUT2D eigenvalue weighted by molar-refractivity contribution is 0.0948. The van der Waals surface area contributed by atoms with Crippen molar-refractivity contribution in [3.8, 4) is 11.6 Å². The molecule has 11 nitrogen and oxygen atoms in total. The van der Waals surface area contributed by atoms with Crippen LogP contribution in [0.3, 0.4) is 0 Å². The summed E-state index contributed by atoms with van der Waals surface area (Å²) in [6.45, 7) is 6.29. The average molecular weight is 384 g/mol. The standard InChI is InChI=1S/C17H20N8O3/c1-4-27-12-7-5-11(6-8-12)9-19-21-17(26)13-14(10(2)3)25(24-20-13)16-15(18)22-28-23-16/h5-10H,4H2,1-3H3,(H2,18,22)(H,21,26)/b19-9-. The van der Waals surface area contributed by atoms with Gasteiger partial charge in [-0.1, -0.05) is 19.1 Å². The molecule has 0 aliphatic rings. The molecule has 2 heterocycles. The molecule has 3 rings (SSSR count). The highest BCUT2D eigenvalue weighted by molar-refractivity contribution is 5.94. The second kappa shape index (κ2) is 8.29. The van der Waals surface area contributed by atoms with Crippen molar-refractivity contribution in [2.24, 2.45) is 5.10 Å². The van der Waals surface area contributed by atoms with Gasteiger partial charge in [0, 0.05) is 0 Å². The molecule has 2 aromatic heterocycles. The molecule has 146 valence electrons. The molecule has 0 saturated carbocycles. The van der Waals surface area contributed by atoms with Crippen molar-refractivity contribution < 1.29 is 14.2 Å². The van der Waals surface area contributed by atoms with E-state index in [1.807, 2.05) is 45.0 Å². The Morgan fingerprint density at radius 1 is 1.36 bits per heavy atom. The Hall–Kier alpha value is -3.76. The number of amides is 1. The number of rotatable bonds is 7. The summed E-state index contributed by atoms with van der Waals surface area (Å²) in [5.74, 6) is 0.387. The lowest BCUT2D eigenvalue weighted by atomic mass is 10.1. The van der Waals surface area contributed by atoms with E-state index in [9.17, 15) is 4.79 Å². The van der Waals surface area contributed by atoms with E-state index in [2.05, 4.69) is 35.8 Å². The topological polar surface area (TPSA) is 146 Å². The van der Waals surface area contributed by atoms with E-state index >= 15 is 0 Å². The molecule has 0 fully saturated rings. The number of anilines is 1. The van der Waals surface area contributed by atoms with Crippen LogP contribution >= 0.6 is 0 Å². The minimum absolute atomic E-state index is 0.0484. The minimum Gasteiger partial charge on any atom is -0.494 e. The van der Waals surface area contributed by atoms with Gasteiger partial charge in [0.25, 0.3) is 5.91 Å². The van der Waals surface area contributed by atoms with Crippen LogP contribution in [0.4, 0.5) is 5.82 Å². The number of nitrogens with two attached hydrogens (primary N) is 1. The van der Waals surface area contributed by atoms with Crippen LogP contribution in [0.15, 0.2) is 34.0 Å². The maximum absolute atomic E-state index is 12.5. The predicted octanol–water partition coefficient (Wildman–Crippen LogP) is 1.52. The van der Waals surface area contributed by atoms with Crippen molar-refractivity contribution in [2.75, 3.05) is 12.3 Å². The molecule has 3 N–H and O–H groups in total. The number of carbonyl (C=O) groups excluding carboxylic acids is 1. The van der Waals surface area contributed by atoms with Crippen LogP contribution in [0.25, 0.3) is 5.82 Å². The summed E-state index contributed by atoms with van der Waals surface area (Å²) >= 11 is 0. The highest BCUT2D eigenvalue weighted by atomic mass is 16.6. The normalized spacial score (nSPS) is 11.3. The summed E-state index contributed by atoms with van der Waals surface area (Å²) in [6.07, 6.45) is 1.52. The van der Waals surface area contributed by atoms with E-state index in [1.165, 1.54) is 10.9 Å². The highest BCUT2D eigenvalue weighted by Crippen LogP contribution is 2.22. The Balaban J connectivity index is 1.75. The lowest BCUT2D eigenvalue weighted by Gasteiger charge is -2.08. The molecule has 1 aromatic carbocycles. The quantitative estimate of drug-likeness (QED) is 0.460. The Labute approximate surface area is 160 Å². The first-order valence-electron chi connectivity index (χ1n) is 8.61. The number of nitrogens with one attached hydrogen (secondary N) is 1. The van der Waals surface area contributed by atoms with E-state index in [-0.39, 0.29) is 23.2 Å². The Bertz CT molecular complexity index is 975. The van der Waals surface area contributed by atoms with Crippen LogP contribution in [0.1, 0.15) is 48.4 Å². The summed E-state index contributed by atoms with van der Waals surface area (Å²) in [7, 11) is 0. The summed E-state index contributed by atoms with van der Waals surface area (Å²) in [5, 5.41) is 19.1. The monoisotopic (exact) mass is 384 g/mol. The third-order valence-electron chi connectivity index (χ3n) is 3.73. The Morgan fingerprint density at radius 3 is 2.71 bits per heavy atom. The third-order valence-corrected chi connectivity index (χ3v) is 3.73. The number of hydrazone groups is 1. The van der Waals surface area contributed by atoms with Crippen LogP contribution in [0, 0.1) is 0 Å². The van der Waals surface area contributed by atoms with Crippen molar-refractivity contribution in [1.29, 1.82) is 0 Å². The summed E-state index contributed by atoms with van der Waals surface area (Å²) in [4.78, 5) is 12.5. The van der Waals surface area contributed by atoms with Gasteiger partial charge < -0.3 is 10.5 Å². The SMILES string of the molecule is CCOc1ccc(/C=N\NC(=O)c2nnn(-c3nonc3N)c2C(C)C)cc1. The van der Waals surface area contributed by atoms with Gasteiger partial charge in [0.05, 0.1) is 18.5 Å². The van der Waals surface area contributed by atoms with Crippen molar-refractivity contribution in [1.82, 2.24) is 30.7 Å². The smallest absolute Gasteiger partial charge is 0.293 e. The molecule has 0 atom stereocenters. The van der Waals surface area contributed by atoms with E-state index in [4.69, 9.17) is 10.5 Å². The Morgan fingerprint density at radius 2 is 2.11 bits per heavy atom. The van der Waals surface area contributed by atoms with E-state index in [1.54, 1.807) is 0 Å². The van der Waals surface area contributed by atoms with Gasteiger partial charge in [0.1, 0.15) is 5.75 Å². The molecule has 11 heteroatoms. The van der Waals surface area contributed by atoms with Gasteiger partial charge in [-0.15, -0.1) is 5.10 Å². The molecule has 0 radical (unpaired) electrons. The van der Waals surface area contributed by atoms with Gasteiger partial charge in [0.2, 0.25) is 11.6 Å². The molecule has 1 amide bonds. The van der Waals surface area contributed by atoms with E-state index in [0.717, 1.165) is 11.3 Å². The molecule has 3 aromatic rings. The number of hydrogen-bond acceptors (Lipinski definition) is 9. The molecule has 0 spiro atoms. The number of ether oxygens (including phenoxy) is 1. The highest BCUT2D eigenvalue weighted by Gasteiger charge is 2.25. The zero-order valence-corrected chi connectivity index (χ0v) is 15.7. The predicted molar refractivity (Wildman–Crippen MR) is 100 cm³/mol. The van der Waals surface area contributed by atoms with E-state index in [0.29, 0.717) is 12.3 Å². The minimum atomic E-state index is -0.507. The number of nitrogen functional groups attached to an aromatic ring is 1. The van der Waals surface area contributed by atoms with Gasteiger partial charge in [-0.25, -0.2) is 10.1 Å². The molecule has 0 aliphatic carbocycles. The van der Waals surface area contributed by atoms with Crippen molar-refractivity contribution in [3.05, 3.63) is 41.2 Å². The van der Waals surface area contributed by atoms with Gasteiger partial charge in [-0.3, -0.25) is 4.79 Å². The second-order valence-corrected chi connectivity index (χ2v) is 6.06. The number of nitrogens with zero attached hydrogens (tertiary/aromatic N) is 6. The maximum atomic E-state index is 12.5. The number of hydrogen-bond donors (Lipinski definition) is 2. The Kier molecular flexibility index (Phi) is 5.63. The van der Waals surface area contributed by atoms with Crippen molar-refractivity contribution in [2.45, 2.75) is 26.7 Å². The molecule has 0 unspecified atom stereocenters. The molecule has 0 saturated heterocycles. The number of benzene rings is 1. The molecule has 28 heavy (non-hydrogen) atoms. The van der Waals surface area contributed by atoms with Gasteiger partial charge >= 0.3 is 0 Å².